The molecule has 1 aromatic carbocycles. The molecule has 4 nitrogen and oxygen atoms in total. The Labute approximate surface area is 123 Å². The van der Waals surface area contributed by atoms with Crippen LogP contribution in [0.15, 0.2) is 24.4 Å². The van der Waals surface area contributed by atoms with Gasteiger partial charge in [-0.1, -0.05) is 17.7 Å². The third kappa shape index (κ3) is 2.75. The predicted octanol–water partition coefficient (Wildman–Crippen LogP) is 3.74. The van der Waals surface area contributed by atoms with E-state index in [0.717, 1.165) is 16.7 Å². The van der Waals surface area contributed by atoms with Crippen LogP contribution in [0.2, 0.25) is 5.02 Å². The number of rotatable bonds is 3. The lowest BCUT2D eigenvalue weighted by Crippen LogP contribution is -2.12. The third-order valence-corrected chi connectivity index (χ3v) is 3.48. The highest BCUT2D eigenvalue weighted by molar-refractivity contribution is 6.35. The van der Waals surface area contributed by atoms with E-state index in [9.17, 15) is 0 Å². The molecule has 1 aromatic heterocycles. The van der Waals surface area contributed by atoms with Gasteiger partial charge in [0.2, 0.25) is 5.88 Å². The highest BCUT2D eigenvalue weighted by Gasteiger charge is 2.13. The maximum absolute atomic E-state index is 7.47. The van der Waals surface area contributed by atoms with E-state index in [1.807, 2.05) is 26.8 Å². The van der Waals surface area contributed by atoms with Crippen molar-refractivity contribution < 1.29 is 4.74 Å². The minimum atomic E-state index is -0.112. The van der Waals surface area contributed by atoms with E-state index in [4.69, 9.17) is 27.5 Å². The number of nitrogen functional groups attached to an aromatic ring is 1. The van der Waals surface area contributed by atoms with Gasteiger partial charge >= 0.3 is 0 Å². The SMILES string of the molecule is Cc1cc(C)c(C)c(Oc2nccc(C(=N)N)c2Cl)c1. The highest BCUT2D eigenvalue weighted by atomic mass is 35.5. The molecule has 0 amide bonds. The second kappa shape index (κ2) is 5.51. The van der Waals surface area contributed by atoms with Crippen molar-refractivity contribution in [3.63, 3.8) is 0 Å². The summed E-state index contributed by atoms with van der Waals surface area (Å²) in [5.74, 6) is 0.851. The van der Waals surface area contributed by atoms with Gasteiger partial charge in [-0.25, -0.2) is 4.98 Å². The average molecular weight is 290 g/mol. The van der Waals surface area contributed by atoms with E-state index in [-0.39, 0.29) is 16.7 Å². The fraction of sp³-hybridized carbons (Fsp3) is 0.200. The molecular formula is C15H16ClN3O. The number of aromatic nitrogens is 1. The van der Waals surface area contributed by atoms with Gasteiger partial charge in [0, 0.05) is 11.8 Å². The van der Waals surface area contributed by atoms with Crippen LogP contribution in [0.1, 0.15) is 22.3 Å². The molecule has 2 aromatic rings. The van der Waals surface area contributed by atoms with E-state index < -0.39 is 0 Å². The summed E-state index contributed by atoms with van der Waals surface area (Å²) in [6.07, 6.45) is 1.52. The van der Waals surface area contributed by atoms with Crippen LogP contribution in [0, 0.1) is 26.2 Å². The van der Waals surface area contributed by atoms with Gasteiger partial charge in [0.25, 0.3) is 0 Å². The maximum atomic E-state index is 7.47. The molecule has 0 aliphatic rings. The molecule has 0 unspecified atom stereocenters. The summed E-state index contributed by atoms with van der Waals surface area (Å²) in [4.78, 5) is 4.11. The van der Waals surface area contributed by atoms with Crippen LogP contribution in [-0.4, -0.2) is 10.8 Å². The normalized spacial score (nSPS) is 10.4. The first-order chi connectivity index (χ1) is 9.40. The molecule has 1 heterocycles. The second-order valence-corrected chi connectivity index (χ2v) is 5.08. The standard InChI is InChI=1S/C15H16ClN3O/c1-8-6-9(2)10(3)12(7-8)20-15-13(16)11(14(17)18)4-5-19-15/h4-7H,1-3H3,(H3,17,18). The largest absolute Gasteiger partial charge is 0.437 e. The molecule has 0 radical (unpaired) electrons. The molecule has 2 rings (SSSR count). The first kappa shape index (κ1) is 14.3. The Kier molecular flexibility index (Phi) is 3.95. The number of nitrogens with one attached hydrogen (secondary N) is 1. The predicted molar refractivity (Wildman–Crippen MR) is 81.0 cm³/mol. The number of aryl methyl sites for hydroxylation is 2. The van der Waals surface area contributed by atoms with Crippen LogP contribution in [0.5, 0.6) is 11.6 Å². The zero-order chi connectivity index (χ0) is 14.9. The molecule has 0 bridgehead atoms. The number of benzene rings is 1. The molecular weight excluding hydrogens is 274 g/mol. The number of halogens is 1. The number of pyridine rings is 1. The van der Waals surface area contributed by atoms with Gasteiger partial charge < -0.3 is 10.5 Å². The van der Waals surface area contributed by atoms with Gasteiger partial charge in [0.15, 0.2) is 0 Å². The molecule has 20 heavy (non-hydrogen) atoms. The average Bonchev–Trinajstić information content (AvgIpc) is 2.37. The quantitative estimate of drug-likeness (QED) is 0.668. The summed E-state index contributed by atoms with van der Waals surface area (Å²) in [5.41, 5.74) is 9.15. The zero-order valence-corrected chi connectivity index (χ0v) is 12.4. The van der Waals surface area contributed by atoms with Crippen molar-refractivity contribution in [2.24, 2.45) is 5.73 Å². The van der Waals surface area contributed by atoms with Crippen molar-refractivity contribution >= 4 is 17.4 Å². The minimum absolute atomic E-state index is 0.112. The summed E-state index contributed by atoms with van der Waals surface area (Å²) in [5, 5.41) is 7.72. The lowest BCUT2D eigenvalue weighted by atomic mass is 10.1. The second-order valence-electron chi connectivity index (χ2n) is 4.70. The Morgan fingerprint density at radius 1 is 1.30 bits per heavy atom. The number of amidine groups is 1. The van der Waals surface area contributed by atoms with Crippen molar-refractivity contribution in [3.05, 3.63) is 51.7 Å². The van der Waals surface area contributed by atoms with Crippen LogP contribution in [-0.2, 0) is 0 Å². The van der Waals surface area contributed by atoms with Gasteiger partial charge in [-0.15, -0.1) is 0 Å². The summed E-state index contributed by atoms with van der Waals surface area (Å²) in [7, 11) is 0. The topological polar surface area (TPSA) is 72.0 Å². The fourth-order valence-corrected chi connectivity index (χ4v) is 2.17. The number of nitrogens with zero attached hydrogens (tertiary/aromatic N) is 1. The lowest BCUT2D eigenvalue weighted by Gasteiger charge is -2.13. The monoisotopic (exact) mass is 289 g/mol. The first-order valence-electron chi connectivity index (χ1n) is 6.14. The van der Waals surface area contributed by atoms with Crippen LogP contribution in [0.3, 0.4) is 0 Å². The minimum Gasteiger partial charge on any atom is -0.437 e. The summed E-state index contributed by atoms with van der Waals surface area (Å²) < 4.78 is 5.80. The van der Waals surface area contributed by atoms with E-state index in [0.29, 0.717) is 11.3 Å². The van der Waals surface area contributed by atoms with E-state index in [2.05, 4.69) is 11.1 Å². The number of nitrogens with two attached hydrogens (primary N) is 1. The van der Waals surface area contributed by atoms with Gasteiger partial charge in [-0.2, -0.15) is 0 Å². The smallest absolute Gasteiger partial charge is 0.238 e. The van der Waals surface area contributed by atoms with E-state index >= 15 is 0 Å². The van der Waals surface area contributed by atoms with Gasteiger partial charge in [0.1, 0.15) is 16.6 Å². The molecule has 104 valence electrons. The van der Waals surface area contributed by atoms with Crippen LogP contribution < -0.4 is 10.5 Å². The van der Waals surface area contributed by atoms with Crippen molar-refractivity contribution in [3.8, 4) is 11.6 Å². The Balaban J connectivity index is 2.46. The number of hydrogen-bond donors (Lipinski definition) is 2. The number of ether oxygens (including phenoxy) is 1. The van der Waals surface area contributed by atoms with Crippen LogP contribution >= 0.6 is 11.6 Å². The molecule has 0 spiro atoms. The van der Waals surface area contributed by atoms with Crippen molar-refractivity contribution in [2.45, 2.75) is 20.8 Å². The van der Waals surface area contributed by atoms with E-state index in [1.165, 1.54) is 6.20 Å². The maximum Gasteiger partial charge on any atom is 0.238 e. The molecule has 0 aliphatic carbocycles. The van der Waals surface area contributed by atoms with Crippen LogP contribution in [0.4, 0.5) is 0 Å². The first-order valence-corrected chi connectivity index (χ1v) is 6.52. The summed E-state index contributed by atoms with van der Waals surface area (Å²) in [6.45, 7) is 6.00. The van der Waals surface area contributed by atoms with E-state index in [1.54, 1.807) is 6.07 Å². The molecule has 3 N–H and O–H groups in total. The van der Waals surface area contributed by atoms with Gasteiger partial charge in [0.05, 0.1) is 0 Å². The van der Waals surface area contributed by atoms with Gasteiger partial charge in [-0.05, 0) is 49.6 Å². The third-order valence-electron chi connectivity index (χ3n) is 3.12. The Hall–Kier alpha value is -2.07. The highest BCUT2D eigenvalue weighted by Crippen LogP contribution is 2.32. The van der Waals surface area contributed by atoms with Crippen molar-refractivity contribution in [2.75, 3.05) is 0 Å². The summed E-state index contributed by atoms with van der Waals surface area (Å²) in [6, 6.07) is 5.61. The molecule has 5 heteroatoms. The number of hydrogen-bond acceptors (Lipinski definition) is 3. The molecule has 0 saturated heterocycles. The van der Waals surface area contributed by atoms with Crippen LogP contribution in [0.25, 0.3) is 0 Å². The van der Waals surface area contributed by atoms with Crippen molar-refractivity contribution in [1.82, 2.24) is 4.98 Å². The van der Waals surface area contributed by atoms with Gasteiger partial charge in [-0.3, -0.25) is 5.41 Å². The Morgan fingerprint density at radius 2 is 2.00 bits per heavy atom. The molecule has 0 fully saturated rings. The Bertz CT molecular complexity index is 683. The lowest BCUT2D eigenvalue weighted by molar-refractivity contribution is 0.459. The Morgan fingerprint density at radius 3 is 2.65 bits per heavy atom. The molecule has 0 aliphatic heterocycles. The zero-order valence-electron chi connectivity index (χ0n) is 11.6. The fourth-order valence-electron chi connectivity index (χ4n) is 1.91. The summed E-state index contributed by atoms with van der Waals surface area (Å²) >= 11 is 6.18. The molecule has 0 atom stereocenters. The molecule has 0 saturated carbocycles. The van der Waals surface area contributed by atoms with Crippen molar-refractivity contribution in [1.29, 1.82) is 5.41 Å².